The van der Waals surface area contributed by atoms with E-state index in [1.54, 1.807) is 12.1 Å². The van der Waals surface area contributed by atoms with Gasteiger partial charge in [0.1, 0.15) is 11.6 Å². The number of hydrogen-bond donors (Lipinski definition) is 2. The number of carbonyl (C=O) groups excluding carboxylic acids is 1. The molecule has 0 radical (unpaired) electrons. The fourth-order valence-corrected chi connectivity index (χ4v) is 3.37. The second kappa shape index (κ2) is 7.36. The summed E-state index contributed by atoms with van der Waals surface area (Å²) in [5, 5.41) is 2.88. The third-order valence-electron chi connectivity index (χ3n) is 4.91. The lowest BCUT2D eigenvalue weighted by Crippen LogP contribution is -2.38. The first-order chi connectivity index (χ1) is 14.4. The standard InChI is InChI=1S/C21H19N5O4/c1-25-18-16(20(28)26(2)21(25)29)14(13-9-6-10-30-13)15(17(22)24-18)19(27)23-11-12-7-4-3-5-8-12/h3-10H,11H2,1-2H3,(H2,22,24)(H,23,27). The number of amides is 1. The van der Waals surface area contributed by atoms with Crippen LogP contribution in [0.3, 0.4) is 0 Å². The minimum Gasteiger partial charge on any atom is -0.464 e. The third-order valence-corrected chi connectivity index (χ3v) is 4.91. The van der Waals surface area contributed by atoms with Crippen molar-refractivity contribution in [1.29, 1.82) is 0 Å². The number of furan rings is 1. The van der Waals surface area contributed by atoms with Gasteiger partial charge in [0, 0.05) is 20.6 Å². The summed E-state index contributed by atoms with van der Waals surface area (Å²) in [6.45, 7) is 0.264. The van der Waals surface area contributed by atoms with E-state index in [-0.39, 0.29) is 40.3 Å². The Balaban J connectivity index is 1.97. The maximum absolute atomic E-state index is 13.1. The van der Waals surface area contributed by atoms with Gasteiger partial charge >= 0.3 is 5.69 Å². The van der Waals surface area contributed by atoms with Crippen LogP contribution in [0.4, 0.5) is 5.82 Å². The van der Waals surface area contributed by atoms with Crippen molar-refractivity contribution in [3.8, 4) is 11.3 Å². The Morgan fingerprint density at radius 3 is 2.50 bits per heavy atom. The van der Waals surface area contributed by atoms with Crippen LogP contribution in [0.2, 0.25) is 0 Å². The summed E-state index contributed by atoms with van der Waals surface area (Å²) in [6, 6.07) is 12.6. The number of rotatable bonds is 4. The molecule has 0 fully saturated rings. The number of carbonyl (C=O) groups is 1. The van der Waals surface area contributed by atoms with Gasteiger partial charge in [-0.05, 0) is 17.7 Å². The van der Waals surface area contributed by atoms with E-state index < -0.39 is 17.2 Å². The second-order valence-corrected chi connectivity index (χ2v) is 6.80. The van der Waals surface area contributed by atoms with E-state index >= 15 is 0 Å². The molecule has 9 heteroatoms. The first-order valence-corrected chi connectivity index (χ1v) is 9.15. The molecule has 3 aromatic heterocycles. The third kappa shape index (κ3) is 3.06. The Bertz CT molecular complexity index is 1370. The second-order valence-electron chi connectivity index (χ2n) is 6.80. The number of benzene rings is 1. The fraction of sp³-hybridized carbons (Fsp3) is 0.143. The molecule has 1 amide bonds. The quantitative estimate of drug-likeness (QED) is 0.529. The largest absolute Gasteiger partial charge is 0.464 e. The first-order valence-electron chi connectivity index (χ1n) is 9.15. The monoisotopic (exact) mass is 405 g/mol. The lowest BCUT2D eigenvalue weighted by atomic mass is 10.0. The van der Waals surface area contributed by atoms with Crippen LogP contribution in [-0.4, -0.2) is 20.0 Å². The van der Waals surface area contributed by atoms with Gasteiger partial charge in [-0.1, -0.05) is 30.3 Å². The number of anilines is 1. The van der Waals surface area contributed by atoms with Gasteiger partial charge in [0.15, 0.2) is 5.65 Å². The zero-order chi connectivity index (χ0) is 21.4. The number of aromatic nitrogens is 3. The molecule has 3 N–H and O–H groups in total. The summed E-state index contributed by atoms with van der Waals surface area (Å²) in [7, 11) is 2.85. The van der Waals surface area contributed by atoms with Crippen molar-refractivity contribution >= 4 is 22.8 Å². The molecule has 1 aromatic carbocycles. The Morgan fingerprint density at radius 1 is 1.10 bits per heavy atom. The molecule has 30 heavy (non-hydrogen) atoms. The highest BCUT2D eigenvalue weighted by molar-refractivity contribution is 6.10. The highest BCUT2D eigenvalue weighted by Crippen LogP contribution is 2.32. The van der Waals surface area contributed by atoms with Crippen LogP contribution < -0.4 is 22.3 Å². The van der Waals surface area contributed by atoms with E-state index in [1.807, 2.05) is 30.3 Å². The number of nitrogens with one attached hydrogen (secondary N) is 1. The van der Waals surface area contributed by atoms with Gasteiger partial charge in [0.2, 0.25) is 0 Å². The molecule has 152 valence electrons. The molecule has 0 unspecified atom stereocenters. The van der Waals surface area contributed by atoms with E-state index in [0.29, 0.717) is 0 Å². The molecule has 0 aliphatic heterocycles. The zero-order valence-corrected chi connectivity index (χ0v) is 16.4. The number of nitrogens with two attached hydrogens (primary N) is 1. The normalized spacial score (nSPS) is 11.0. The lowest BCUT2D eigenvalue weighted by Gasteiger charge is -2.15. The number of fused-ring (bicyclic) bond motifs is 1. The molecule has 0 saturated carbocycles. The summed E-state index contributed by atoms with van der Waals surface area (Å²) in [6.07, 6.45) is 1.43. The molecular weight excluding hydrogens is 386 g/mol. The number of hydrogen-bond acceptors (Lipinski definition) is 6. The summed E-state index contributed by atoms with van der Waals surface area (Å²) in [4.78, 5) is 42.6. The SMILES string of the molecule is Cn1c(=O)c2c(-c3ccco3)c(C(=O)NCc3ccccc3)c(N)nc2n(C)c1=O. The van der Waals surface area contributed by atoms with Gasteiger partial charge in [0.05, 0.1) is 22.8 Å². The lowest BCUT2D eigenvalue weighted by molar-refractivity contribution is 0.0952. The van der Waals surface area contributed by atoms with Gasteiger partial charge in [0.25, 0.3) is 11.5 Å². The van der Waals surface area contributed by atoms with Gasteiger partial charge in [-0.15, -0.1) is 0 Å². The van der Waals surface area contributed by atoms with Crippen molar-refractivity contribution in [1.82, 2.24) is 19.4 Å². The summed E-state index contributed by atoms with van der Waals surface area (Å²) in [5.41, 5.74) is 6.18. The molecule has 0 spiro atoms. The van der Waals surface area contributed by atoms with E-state index in [1.165, 1.54) is 24.9 Å². The average molecular weight is 405 g/mol. The maximum Gasteiger partial charge on any atom is 0.332 e. The molecule has 0 aliphatic carbocycles. The number of pyridine rings is 1. The molecule has 4 rings (SSSR count). The summed E-state index contributed by atoms with van der Waals surface area (Å²) < 4.78 is 7.67. The minimum absolute atomic E-state index is 0.0177. The van der Waals surface area contributed by atoms with Crippen LogP contribution in [0.5, 0.6) is 0 Å². The first kappa shape index (κ1) is 19.2. The summed E-state index contributed by atoms with van der Waals surface area (Å²) in [5.74, 6) is -0.342. The molecule has 0 saturated heterocycles. The molecule has 0 aliphatic rings. The van der Waals surface area contributed by atoms with Crippen molar-refractivity contribution in [2.45, 2.75) is 6.54 Å². The predicted molar refractivity (Wildman–Crippen MR) is 112 cm³/mol. The van der Waals surface area contributed by atoms with Crippen LogP contribution in [0.1, 0.15) is 15.9 Å². The van der Waals surface area contributed by atoms with Crippen molar-refractivity contribution in [2.75, 3.05) is 5.73 Å². The van der Waals surface area contributed by atoms with Crippen LogP contribution in [0.15, 0.2) is 62.7 Å². The summed E-state index contributed by atoms with van der Waals surface area (Å²) >= 11 is 0. The molecular formula is C21H19N5O4. The zero-order valence-electron chi connectivity index (χ0n) is 16.4. The smallest absolute Gasteiger partial charge is 0.332 e. The van der Waals surface area contributed by atoms with E-state index in [0.717, 1.165) is 10.1 Å². The van der Waals surface area contributed by atoms with Crippen LogP contribution in [0.25, 0.3) is 22.4 Å². The van der Waals surface area contributed by atoms with Gasteiger partial charge < -0.3 is 15.5 Å². The van der Waals surface area contributed by atoms with Crippen LogP contribution >= 0.6 is 0 Å². The highest BCUT2D eigenvalue weighted by atomic mass is 16.3. The van der Waals surface area contributed by atoms with Gasteiger partial charge in [-0.25, -0.2) is 9.78 Å². The molecule has 9 nitrogen and oxygen atoms in total. The predicted octanol–water partition coefficient (Wildman–Crippen LogP) is 1.40. The Hall–Kier alpha value is -4.14. The number of nitrogen functional groups attached to an aromatic ring is 1. The topological polar surface area (TPSA) is 125 Å². The van der Waals surface area contributed by atoms with Crippen LogP contribution in [0, 0.1) is 0 Å². The van der Waals surface area contributed by atoms with E-state index in [4.69, 9.17) is 10.2 Å². The van der Waals surface area contributed by atoms with Crippen molar-refractivity contribution in [2.24, 2.45) is 14.1 Å². The minimum atomic E-state index is -0.593. The molecule has 0 bridgehead atoms. The highest BCUT2D eigenvalue weighted by Gasteiger charge is 2.26. The van der Waals surface area contributed by atoms with Crippen molar-refractivity contribution in [3.63, 3.8) is 0 Å². The molecule has 3 heterocycles. The fourth-order valence-electron chi connectivity index (χ4n) is 3.37. The number of nitrogens with zero attached hydrogens (tertiary/aromatic N) is 3. The Morgan fingerprint density at radius 2 is 1.83 bits per heavy atom. The molecule has 0 atom stereocenters. The Kier molecular flexibility index (Phi) is 4.71. The number of aryl methyl sites for hydroxylation is 1. The van der Waals surface area contributed by atoms with Crippen molar-refractivity contribution in [3.05, 3.63) is 80.7 Å². The maximum atomic E-state index is 13.1. The Labute approximate surface area is 170 Å². The average Bonchev–Trinajstić information content (AvgIpc) is 3.29. The molecule has 4 aromatic rings. The van der Waals surface area contributed by atoms with E-state index in [2.05, 4.69) is 10.3 Å². The van der Waals surface area contributed by atoms with Crippen LogP contribution in [-0.2, 0) is 20.6 Å². The van der Waals surface area contributed by atoms with Crippen molar-refractivity contribution < 1.29 is 9.21 Å². The van der Waals surface area contributed by atoms with Gasteiger partial charge in [-0.3, -0.25) is 18.7 Å². The van der Waals surface area contributed by atoms with E-state index in [9.17, 15) is 14.4 Å². The van der Waals surface area contributed by atoms with Gasteiger partial charge in [-0.2, -0.15) is 0 Å².